The smallest absolute Gasteiger partial charge is 0.416 e. The van der Waals surface area contributed by atoms with Crippen LogP contribution >= 0.6 is 0 Å². The third kappa shape index (κ3) is 4.90. The Bertz CT molecular complexity index is 1220. The van der Waals surface area contributed by atoms with Gasteiger partial charge in [0.05, 0.1) is 5.56 Å². The largest absolute Gasteiger partial charge is 0.467 e. The van der Waals surface area contributed by atoms with Crippen LogP contribution in [0, 0.1) is 5.82 Å². The lowest BCUT2D eigenvalue weighted by atomic mass is 10.1. The predicted octanol–water partition coefficient (Wildman–Crippen LogP) is 5.49. The fourth-order valence-electron chi connectivity index (χ4n) is 2.86. The fourth-order valence-corrected chi connectivity index (χ4v) is 2.86. The summed E-state index contributed by atoms with van der Waals surface area (Å²) in [5.41, 5.74) is 0.698. The Labute approximate surface area is 179 Å². The first-order valence-corrected chi connectivity index (χ1v) is 9.58. The maximum atomic E-state index is 13.2. The van der Waals surface area contributed by atoms with Crippen LogP contribution in [0.15, 0.2) is 59.1 Å². The second-order valence-corrected chi connectivity index (χ2v) is 6.76. The summed E-state index contributed by atoms with van der Waals surface area (Å²) in [5, 5.41) is 3.73. The molecule has 0 bridgehead atoms. The molecule has 0 N–H and O–H groups in total. The molecule has 0 aliphatic rings. The van der Waals surface area contributed by atoms with Crippen LogP contribution in [0.2, 0.25) is 0 Å². The van der Waals surface area contributed by atoms with Gasteiger partial charge >= 0.3 is 6.18 Å². The zero-order chi connectivity index (χ0) is 22.7. The molecule has 2 aromatic heterocycles. The molecule has 0 spiro atoms. The summed E-state index contributed by atoms with van der Waals surface area (Å²) in [7, 11) is 0. The fraction of sp³-hybridized carbons (Fsp3) is 0.182. The molecule has 0 aliphatic heterocycles. The SMILES string of the molecule is CCc1cc(OCc2nc(-c3cccc(C(F)(F)F)c3)no2)nc(-c2ccc(F)cc2)n1. The molecule has 4 aromatic rings. The van der Waals surface area contributed by atoms with E-state index in [1.165, 1.54) is 24.3 Å². The van der Waals surface area contributed by atoms with E-state index in [1.807, 2.05) is 6.92 Å². The number of nitrogens with zero attached hydrogens (tertiary/aromatic N) is 4. The van der Waals surface area contributed by atoms with Gasteiger partial charge in [0.15, 0.2) is 12.4 Å². The van der Waals surface area contributed by atoms with Gasteiger partial charge in [0.2, 0.25) is 11.7 Å². The van der Waals surface area contributed by atoms with Crippen LogP contribution in [0.1, 0.15) is 24.1 Å². The molecular weight excluding hydrogens is 428 g/mol. The third-order valence-electron chi connectivity index (χ3n) is 4.48. The lowest BCUT2D eigenvalue weighted by Gasteiger charge is -2.08. The van der Waals surface area contributed by atoms with E-state index in [0.717, 1.165) is 12.1 Å². The minimum absolute atomic E-state index is 0.0126. The Hall–Kier alpha value is -3.82. The summed E-state index contributed by atoms with van der Waals surface area (Å²) in [4.78, 5) is 12.8. The van der Waals surface area contributed by atoms with E-state index >= 15 is 0 Å². The van der Waals surface area contributed by atoms with Crippen LogP contribution in [0.25, 0.3) is 22.8 Å². The monoisotopic (exact) mass is 444 g/mol. The molecule has 2 heterocycles. The summed E-state index contributed by atoms with van der Waals surface area (Å²) >= 11 is 0. The van der Waals surface area contributed by atoms with Gasteiger partial charge in [-0.3, -0.25) is 0 Å². The van der Waals surface area contributed by atoms with Gasteiger partial charge in [0.1, 0.15) is 5.82 Å². The Morgan fingerprint density at radius 3 is 2.41 bits per heavy atom. The van der Waals surface area contributed by atoms with Crippen LogP contribution in [0.4, 0.5) is 17.6 Å². The lowest BCUT2D eigenvalue weighted by Crippen LogP contribution is -2.04. The highest BCUT2D eigenvalue weighted by Gasteiger charge is 2.30. The van der Waals surface area contributed by atoms with E-state index in [0.29, 0.717) is 23.5 Å². The first-order chi connectivity index (χ1) is 15.3. The van der Waals surface area contributed by atoms with Crippen molar-refractivity contribution in [3.63, 3.8) is 0 Å². The third-order valence-corrected chi connectivity index (χ3v) is 4.48. The van der Waals surface area contributed by atoms with Crippen molar-refractivity contribution in [2.75, 3.05) is 0 Å². The number of benzene rings is 2. The molecule has 0 aliphatic carbocycles. The van der Waals surface area contributed by atoms with Crippen molar-refractivity contribution in [3.05, 3.63) is 77.6 Å². The number of alkyl halides is 3. The van der Waals surface area contributed by atoms with Crippen LogP contribution in [-0.2, 0) is 19.2 Å². The maximum Gasteiger partial charge on any atom is 0.416 e. The topological polar surface area (TPSA) is 73.9 Å². The Balaban J connectivity index is 1.52. The van der Waals surface area contributed by atoms with E-state index in [4.69, 9.17) is 9.26 Å². The summed E-state index contributed by atoms with van der Waals surface area (Å²) in [6, 6.07) is 12.0. The van der Waals surface area contributed by atoms with Crippen molar-refractivity contribution in [2.45, 2.75) is 26.1 Å². The van der Waals surface area contributed by atoms with Crippen molar-refractivity contribution in [1.29, 1.82) is 0 Å². The molecule has 0 saturated heterocycles. The standard InChI is InChI=1S/C22H16F4N4O2/c1-2-17-11-18(28-20(27-17)13-6-8-16(23)9-7-13)31-12-19-29-21(30-32-19)14-4-3-5-15(10-14)22(24,25)26/h3-11H,2,12H2,1H3. The van der Waals surface area contributed by atoms with Gasteiger partial charge in [-0.05, 0) is 42.8 Å². The van der Waals surface area contributed by atoms with Gasteiger partial charge in [-0.2, -0.15) is 23.1 Å². The number of ether oxygens (including phenoxy) is 1. The van der Waals surface area contributed by atoms with Gasteiger partial charge < -0.3 is 9.26 Å². The molecule has 2 aromatic carbocycles. The van der Waals surface area contributed by atoms with E-state index < -0.39 is 11.7 Å². The molecular formula is C22H16F4N4O2. The minimum Gasteiger partial charge on any atom is -0.467 e. The second kappa shape index (κ2) is 8.74. The van der Waals surface area contributed by atoms with Crippen molar-refractivity contribution < 1.29 is 26.8 Å². The highest BCUT2D eigenvalue weighted by molar-refractivity contribution is 5.56. The van der Waals surface area contributed by atoms with E-state index in [2.05, 4.69) is 20.1 Å². The van der Waals surface area contributed by atoms with Crippen molar-refractivity contribution in [3.8, 4) is 28.7 Å². The highest BCUT2D eigenvalue weighted by atomic mass is 19.4. The summed E-state index contributed by atoms with van der Waals surface area (Å²) < 4.78 is 62.7. The minimum atomic E-state index is -4.47. The molecule has 10 heteroatoms. The number of hydrogen-bond acceptors (Lipinski definition) is 6. The zero-order valence-corrected chi connectivity index (χ0v) is 16.7. The molecule has 0 fully saturated rings. The number of halogens is 4. The Morgan fingerprint density at radius 2 is 1.69 bits per heavy atom. The van der Waals surface area contributed by atoms with Gasteiger partial charge in [-0.25, -0.2) is 9.37 Å². The molecule has 0 saturated carbocycles. The molecule has 0 unspecified atom stereocenters. The lowest BCUT2D eigenvalue weighted by molar-refractivity contribution is -0.137. The second-order valence-electron chi connectivity index (χ2n) is 6.76. The molecule has 164 valence electrons. The normalized spacial score (nSPS) is 11.5. The van der Waals surface area contributed by atoms with Crippen LogP contribution in [0.5, 0.6) is 5.88 Å². The van der Waals surface area contributed by atoms with E-state index in [1.54, 1.807) is 18.2 Å². The Kier molecular flexibility index (Phi) is 5.85. The predicted molar refractivity (Wildman–Crippen MR) is 106 cm³/mol. The average molecular weight is 444 g/mol. The number of aryl methyl sites for hydroxylation is 1. The summed E-state index contributed by atoms with van der Waals surface area (Å²) in [6.07, 6.45) is -3.86. The Morgan fingerprint density at radius 1 is 0.906 bits per heavy atom. The first-order valence-electron chi connectivity index (χ1n) is 9.58. The zero-order valence-electron chi connectivity index (χ0n) is 16.7. The van der Waals surface area contributed by atoms with Crippen LogP contribution in [-0.4, -0.2) is 20.1 Å². The molecule has 0 radical (unpaired) electrons. The van der Waals surface area contributed by atoms with Crippen LogP contribution in [0.3, 0.4) is 0 Å². The van der Waals surface area contributed by atoms with Crippen molar-refractivity contribution in [1.82, 2.24) is 20.1 Å². The quantitative estimate of drug-likeness (QED) is 0.366. The molecule has 6 nitrogen and oxygen atoms in total. The van der Waals surface area contributed by atoms with Crippen LogP contribution < -0.4 is 4.74 Å². The number of aromatic nitrogens is 4. The molecule has 32 heavy (non-hydrogen) atoms. The number of rotatable bonds is 6. The van der Waals surface area contributed by atoms with Gasteiger partial charge in [-0.15, -0.1) is 0 Å². The summed E-state index contributed by atoms with van der Waals surface area (Å²) in [6.45, 7) is 1.77. The van der Waals surface area contributed by atoms with E-state index in [9.17, 15) is 17.6 Å². The summed E-state index contributed by atoms with van der Waals surface area (Å²) in [5.74, 6) is 0.324. The van der Waals surface area contributed by atoms with Gasteiger partial charge in [-0.1, -0.05) is 24.2 Å². The van der Waals surface area contributed by atoms with Crippen molar-refractivity contribution >= 4 is 0 Å². The highest BCUT2D eigenvalue weighted by Crippen LogP contribution is 2.31. The number of hydrogen-bond donors (Lipinski definition) is 0. The molecule has 0 amide bonds. The maximum absolute atomic E-state index is 13.2. The molecule has 4 rings (SSSR count). The first kappa shape index (κ1) is 21.4. The van der Waals surface area contributed by atoms with Gasteiger partial charge in [0.25, 0.3) is 5.89 Å². The molecule has 0 atom stereocenters. The average Bonchev–Trinajstić information content (AvgIpc) is 3.27. The van der Waals surface area contributed by atoms with E-state index in [-0.39, 0.29) is 35.6 Å². The van der Waals surface area contributed by atoms with Gasteiger partial charge in [0, 0.05) is 22.9 Å². The van der Waals surface area contributed by atoms with Crippen molar-refractivity contribution in [2.24, 2.45) is 0 Å².